The first-order chi connectivity index (χ1) is 13.2. The lowest BCUT2D eigenvalue weighted by atomic mass is 10.00. The lowest BCUT2D eigenvalue weighted by Crippen LogP contribution is -2.27. The number of hydrogen-bond donors (Lipinski definition) is 1. The van der Waals surface area contributed by atoms with Gasteiger partial charge in [-0.3, -0.25) is 4.79 Å². The van der Waals surface area contributed by atoms with Crippen LogP contribution in [0.25, 0.3) is 11.0 Å². The van der Waals surface area contributed by atoms with Crippen LogP contribution < -0.4 is 0 Å². The van der Waals surface area contributed by atoms with Crippen LogP contribution in [0.1, 0.15) is 58.0 Å². The highest BCUT2D eigenvalue weighted by Gasteiger charge is 2.18. The van der Waals surface area contributed by atoms with Crippen LogP contribution in [-0.2, 0) is 19.3 Å². The molecule has 0 saturated heterocycles. The summed E-state index contributed by atoms with van der Waals surface area (Å²) in [5.74, 6) is 1.16. The highest BCUT2D eigenvalue weighted by atomic mass is 32.1. The number of para-hydroxylation sites is 2. The van der Waals surface area contributed by atoms with Crippen LogP contribution in [0.5, 0.6) is 0 Å². The molecule has 0 spiro atoms. The van der Waals surface area contributed by atoms with Gasteiger partial charge in [-0.2, -0.15) is 0 Å². The predicted molar refractivity (Wildman–Crippen MR) is 112 cm³/mol. The van der Waals surface area contributed by atoms with Gasteiger partial charge in [-0.1, -0.05) is 25.0 Å². The molecule has 4 rings (SSSR count). The van der Waals surface area contributed by atoms with Gasteiger partial charge < -0.3 is 9.88 Å². The van der Waals surface area contributed by atoms with Crippen molar-refractivity contribution in [3.8, 4) is 0 Å². The number of imidazole rings is 1. The molecule has 0 radical (unpaired) electrons. The maximum absolute atomic E-state index is 12.8. The summed E-state index contributed by atoms with van der Waals surface area (Å²) < 4.78 is 0. The number of H-pyrrole nitrogens is 1. The third-order valence-corrected chi connectivity index (χ3v) is 6.62. The zero-order chi connectivity index (χ0) is 18.6. The monoisotopic (exact) mass is 381 g/mol. The van der Waals surface area contributed by atoms with Crippen molar-refractivity contribution >= 4 is 28.3 Å². The molecule has 0 bridgehead atoms. The van der Waals surface area contributed by atoms with Gasteiger partial charge in [0, 0.05) is 24.9 Å². The van der Waals surface area contributed by atoms with Crippen molar-refractivity contribution in [3.63, 3.8) is 0 Å². The van der Waals surface area contributed by atoms with Gasteiger partial charge in [0.2, 0.25) is 0 Å². The second-order valence-corrected chi connectivity index (χ2v) is 8.64. The lowest BCUT2D eigenvalue weighted by Gasteiger charge is -2.15. The molecule has 2 heterocycles. The van der Waals surface area contributed by atoms with E-state index in [1.807, 2.05) is 36.2 Å². The number of aryl methyl sites for hydroxylation is 3. The van der Waals surface area contributed by atoms with Crippen LogP contribution in [0.2, 0.25) is 0 Å². The van der Waals surface area contributed by atoms with E-state index >= 15 is 0 Å². The quantitative estimate of drug-likeness (QED) is 0.677. The number of thiophene rings is 1. The molecule has 0 atom stereocenters. The largest absolute Gasteiger partial charge is 0.342 e. The van der Waals surface area contributed by atoms with Crippen LogP contribution >= 0.6 is 11.3 Å². The second kappa shape index (κ2) is 8.26. The highest BCUT2D eigenvalue weighted by molar-refractivity contribution is 7.14. The Bertz CT molecular complexity index is 868. The average molecular weight is 382 g/mol. The summed E-state index contributed by atoms with van der Waals surface area (Å²) in [6.07, 6.45) is 9.19. The first-order valence-electron chi connectivity index (χ1n) is 10.0. The second-order valence-electron chi connectivity index (χ2n) is 7.50. The molecule has 1 amide bonds. The van der Waals surface area contributed by atoms with Crippen molar-refractivity contribution in [1.29, 1.82) is 0 Å². The minimum absolute atomic E-state index is 0.163. The number of aromatic nitrogens is 2. The molecule has 1 aliphatic carbocycles. The third-order valence-electron chi connectivity index (χ3n) is 5.40. The van der Waals surface area contributed by atoms with E-state index in [0.717, 1.165) is 54.0 Å². The number of nitrogens with zero attached hydrogens (tertiary/aromatic N) is 2. The smallest absolute Gasteiger partial charge is 0.263 e. The summed E-state index contributed by atoms with van der Waals surface area (Å²) in [4.78, 5) is 25.0. The van der Waals surface area contributed by atoms with Gasteiger partial charge in [-0.25, -0.2) is 4.98 Å². The molecule has 4 nitrogen and oxygen atoms in total. The number of carbonyl (C=O) groups is 1. The van der Waals surface area contributed by atoms with E-state index in [2.05, 4.69) is 16.0 Å². The summed E-state index contributed by atoms with van der Waals surface area (Å²) in [6.45, 7) is 0.748. The summed E-state index contributed by atoms with van der Waals surface area (Å²) in [5.41, 5.74) is 3.50. The maximum atomic E-state index is 12.8. The molecule has 1 aromatic carbocycles. The number of nitrogens with one attached hydrogen (secondary N) is 1. The number of carbonyl (C=O) groups excluding carboxylic acids is 1. The first-order valence-corrected chi connectivity index (χ1v) is 10.8. The first kappa shape index (κ1) is 18.2. The van der Waals surface area contributed by atoms with Crippen molar-refractivity contribution in [2.45, 2.75) is 51.4 Å². The van der Waals surface area contributed by atoms with Gasteiger partial charge in [0.1, 0.15) is 5.82 Å². The topological polar surface area (TPSA) is 49.0 Å². The Hall–Kier alpha value is -2.14. The van der Waals surface area contributed by atoms with Crippen molar-refractivity contribution in [2.24, 2.45) is 0 Å². The predicted octanol–water partition coefficient (Wildman–Crippen LogP) is 4.99. The molecule has 27 heavy (non-hydrogen) atoms. The van der Waals surface area contributed by atoms with Crippen molar-refractivity contribution in [1.82, 2.24) is 14.9 Å². The van der Waals surface area contributed by atoms with Crippen LogP contribution in [0.15, 0.2) is 30.3 Å². The van der Waals surface area contributed by atoms with Gasteiger partial charge in [0.15, 0.2) is 0 Å². The lowest BCUT2D eigenvalue weighted by molar-refractivity contribution is 0.0798. The number of aromatic amines is 1. The molecule has 142 valence electrons. The molecule has 0 saturated carbocycles. The Kier molecular flexibility index (Phi) is 5.58. The Morgan fingerprint density at radius 1 is 1.19 bits per heavy atom. The summed E-state index contributed by atoms with van der Waals surface area (Å²) in [7, 11) is 1.91. The number of benzene rings is 1. The Morgan fingerprint density at radius 2 is 2.00 bits per heavy atom. The summed E-state index contributed by atoms with van der Waals surface area (Å²) >= 11 is 1.72. The third kappa shape index (κ3) is 4.24. The van der Waals surface area contributed by atoms with Crippen LogP contribution in [-0.4, -0.2) is 34.4 Å². The Labute approximate surface area is 164 Å². The number of hydrogen-bond acceptors (Lipinski definition) is 3. The summed E-state index contributed by atoms with van der Waals surface area (Å²) in [5, 5.41) is 0. The number of amides is 1. The molecule has 0 fully saturated rings. The molecular formula is C22H27N3OS. The van der Waals surface area contributed by atoms with Crippen LogP contribution in [0.3, 0.4) is 0 Å². The highest BCUT2D eigenvalue weighted by Crippen LogP contribution is 2.29. The number of fused-ring (bicyclic) bond motifs is 2. The van der Waals surface area contributed by atoms with E-state index in [1.165, 1.54) is 36.1 Å². The van der Waals surface area contributed by atoms with Crippen LogP contribution in [0.4, 0.5) is 0 Å². The van der Waals surface area contributed by atoms with Crippen molar-refractivity contribution in [3.05, 3.63) is 51.5 Å². The summed E-state index contributed by atoms with van der Waals surface area (Å²) in [6, 6.07) is 10.2. The normalized spacial score (nSPS) is 14.6. The molecule has 0 unspecified atom stereocenters. The fourth-order valence-corrected chi connectivity index (χ4v) is 5.10. The SMILES string of the molecule is CN(CCCc1nc2ccccc2[nH]1)C(=O)c1cc2c(s1)CCCCCC2. The van der Waals surface area contributed by atoms with Gasteiger partial charge in [0.25, 0.3) is 5.91 Å². The fourth-order valence-electron chi connectivity index (χ4n) is 3.85. The molecular weight excluding hydrogens is 354 g/mol. The van der Waals surface area contributed by atoms with Crippen molar-refractivity contribution < 1.29 is 4.79 Å². The minimum atomic E-state index is 0.163. The van der Waals surface area contributed by atoms with Gasteiger partial charge in [-0.15, -0.1) is 11.3 Å². The molecule has 0 aliphatic heterocycles. The van der Waals surface area contributed by atoms with E-state index in [4.69, 9.17) is 0 Å². The van der Waals surface area contributed by atoms with E-state index in [0.29, 0.717) is 0 Å². The zero-order valence-electron chi connectivity index (χ0n) is 16.0. The van der Waals surface area contributed by atoms with Crippen LogP contribution in [0, 0.1) is 0 Å². The standard InChI is InChI=1S/C22H27N3OS/c1-25(14-8-13-21-23-17-10-6-7-11-18(17)24-21)22(26)20-15-16-9-4-2-3-5-12-19(16)27-20/h6-7,10-11,15H,2-5,8-9,12-14H2,1H3,(H,23,24). The van der Waals surface area contributed by atoms with Crippen molar-refractivity contribution in [2.75, 3.05) is 13.6 Å². The Morgan fingerprint density at radius 3 is 2.85 bits per heavy atom. The minimum Gasteiger partial charge on any atom is -0.342 e. The molecule has 3 aromatic rings. The Balaban J connectivity index is 1.34. The molecule has 1 aliphatic rings. The number of rotatable bonds is 5. The molecule has 5 heteroatoms. The fraction of sp³-hybridized carbons (Fsp3) is 0.455. The molecule has 1 N–H and O–H groups in total. The van der Waals surface area contributed by atoms with E-state index in [-0.39, 0.29) is 5.91 Å². The maximum Gasteiger partial charge on any atom is 0.263 e. The zero-order valence-corrected chi connectivity index (χ0v) is 16.8. The van der Waals surface area contributed by atoms with Gasteiger partial charge in [-0.05, 0) is 55.9 Å². The van der Waals surface area contributed by atoms with Gasteiger partial charge in [0.05, 0.1) is 15.9 Å². The molecule has 2 aromatic heterocycles. The van der Waals surface area contributed by atoms with E-state index in [1.54, 1.807) is 11.3 Å². The average Bonchev–Trinajstić information content (AvgIpc) is 3.24. The van der Waals surface area contributed by atoms with E-state index in [9.17, 15) is 4.79 Å². The van der Waals surface area contributed by atoms with E-state index < -0.39 is 0 Å². The van der Waals surface area contributed by atoms with Gasteiger partial charge >= 0.3 is 0 Å².